The van der Waals surface area contributed by atoms with E-state index in [1.165, 1.54) is 0 Å². The molecule has 0 heterocycles. The van der Waals surface area contributed by atoms with Gasteiger partial charge in [0.05, 0.1) is 4.99 Å². The predicted octanol–water partition coefficient (Wildman–Crippen LogP) is 1.97. The molecule has 1 aliphatic carbocycles. The van der Waals surface area contributed by atoms with Gasteiger partial charge in [0.25, 0.3) is 0 Å². The first-order valence-electron chi connectivity index (χ1n) is 6.06. The van der Waals surface area contributed by atoms with Gasteiger partial charge in [-0.3, -0.25) is 4.79 Å². The Bertz CT molecular complexity index is 470. The third-order valence-corrected chi connectivity index (χ3v) is 3.75. The van der Waals surface area contributed by atoms with E-state index in [1.807, 2.05) is 30.3 Å². The maximum Gasteiger partial charge on any atom is 0.234 e. The Kier molecular flexibility index (Phi) is 3.39. The molecule has 1 fully saturated rings. The van der Waals surface area contributed by atoms with Crippen molar-refractivity contribution in [2.24, 2.45) is 11.1 Å². The zero-order valence-electron chi connectivity index (χ0n) is 10.6. The lowest BCUT2D eigenvalue weighted by Crippen LogP contribution is -2.38. The van der Waals surface area contributed by atoms with Crippen LogP contribution >= 0.6 is 12.2 Å². The van der Waals surface area contributed by atoms with Crippen LogP contribution in [0.2, 0.25) is 0 Å². The number of rotatable bonds is 4. The molecule has 18 heavy (non-hydrogen) atoms. The molecule has 2 unspecified atom stereocenters. The summed E-state index contributed by atoms with van der Waals surface area (Å²) in [5.74, 6) is -0.623. The van der Waals surface area contributed by atoms with Crippen molar-refractivity contribution in [3.63, 3.8) is 0 Å². The first kappa shape index (κ1) is 13.0. The van der Waals surface area contributed by atoms with Crippen LogP contribution in [0.1, 0.15) is 31.7 Å². The number of nitrogens with one attached hydrogen (secondary N) is 1. The van der Waals surface area contributed by atoms with Crippen molar-refractivity contribution in [3.05, 3.63) is 35.9 Å². The smallest absolute Gasteiger partial charge is 0.234 e. The Labute approximate surface area is 113 Å². The van der Waals surface area contributed by atoms with Gasteiger partial charge in [-0.25, -0.2) is 0 Å². The van der Waals surface area contributed by atoms with Crippen molar-refractivity contribution < 1.29 is 4.79 Å². The van der Waals surface area contributed by atoms with Gasteiger partial charge in [-0.1, -0.05) is 56.4 Å². The number of hydrogen-bond donors (Lipinski definition) is 2. The van der Waals surface area contributed by atoms with E-state index in [-0.39, 0.29) is 22.4 Å². The highest BCUT2D eigenvalue weighted by molar-refractivity contribution is 7.80. The predicted molar refractivity (Wildman–Crippen MR) is 76.3 cm³/mol. The average Bonchev–Trinajstić information content (AvgIpc) is 2.86. The molecular weight excluding hydrogens is 244 g/mol. The standard InChI is InChI=1S/C14H18N2OS/c1-14(2)8-10(14)16-13(17)11(12(15)18)9-6-4-3-5-7-9/h3-7,10-11H,8H2,1-2H3,(H2,15,18)(H,16,17). The van der Waals surface area contributed by atoms with E-state index < -0.39 is 5.92 Å². The van der Waals surface area contributed by atoms with Gasteiger partial charge in [0.15, 0.2) is 0 Å². The lowest BCUT2D eigenvalue weighted by atomic mass is 9.98. The summed E-state index contributed by atoms with van der Waals surface area (Å²) >= 11 is 5.02. The van der Waals surface area contributed by atoms with Crippen LogP contribution in [0.3, 0.4) is 0 Å². The number of carbonyl (C=O) groups is 1. The van der Waals surface area contributed by atoms with Crippen molar-refractivity contribution in [2.45, 2.75) is 32.2 Å². The quantitative estimate of drug-likeness (QED) is 0.816. The molecular formula is C14H18N2OS. The Morgan fingerprint density at radius 1 is 1.44 bits per heavy atom. The van der Waals surface area contributed by atoms with E-state index in [9.17, 15) is 4.79 Å². The highest BCUT2D eigenvalue weighted by Crippen LogP contribution is 2.44. The molecule has 0 aromatic heterocycles. The molecule has 3 N–H and O–H groups in total. The second-order valence-corrected chi connectivity index (χ2v) is 5.97. The van der Waals surface area contributed by atoms with Crippen molar-refractivity contribution in [3.8, 4) is 0 Å². The SMILES string of the molecule is CC1(C)CC1NC(=O)C(C(N)=S)c1ccccc1. The van der Waals surface area contributed by atoms with Crippen LogP contribution in [0.4, 0.5) is 0 Å². The third-order valence-electron chi connectivity index (χ3n) is 3.51. The summed E-state index contributed by atoms with van der Waals surface area (Å²) in [6.07, 6.45) is 1.01. The molecule has 1 aromatic carbocycles. The van der Waals surface area contributed by atoms with Gasteiger partial charge in [0, 0.05) is 6.04 Å². The van der Waals surface area contributed by atoms with Gasteiger partial charge < -0.3 is 11.1 Å². The Hall–Kier alpha value is -1.42. The molecule has 1 aromatic rings. The first-order valence-corrected chi connectivity index (χ1v) is 6.47. The van der Waals surface area contributed by atoms with Crippen LogP contribution in [0.5, 0.6) is 0 Å². The number of nitrogens with two attached hydrogens (primary N) is 1. The van der Waals surface area contributed by atoms with Gasteiger partial charge in [-0.05, 0) is 17.4 Å². The summed E-state index contributed by atoms with van der Waals surface area (Å²) in [5.41, 5.74) is 6.75. The van der Waals surface area contributed by atoms with Crippen LogP contribution in [-0.4, -0.2) is 16.9 Å². The number of benzene rings is 1. The monoisotopic (exact) mass is 262 g/mol. The Morgan fingerprint density at radius 2 is 2.00 bits per heavy atom. The average molecular weight is 262 g/mol. The van der Waals surface area contributed by atoms with Crippen LogP contribution in [0.15, 0.2) is 30.3 Å². The second-order valence-electron chi connectivity index (χ2n) is 5.50. The summed E-state index contributed by atoms with van der Waals surface area (Å²) in [6.45, 7) is 4.27. The number of hydrogen-bond acceptors (Lipinski definition) is 2. The van der Waals surface area contributed by atoms with Crippen molar-refractivity contribution in [1.29, 1.82) is 0 Å². The van der Waals surface area contributed by atoms with Gasteiger partial charge in [-0.2, -0.15) is 0 Å². The summed E-state index contributed by atoms with van der Waals surface area (Å²) < 4.78 is 0. The molecule has 1 amide bonds. The highest BCUT2D eigenvalue weighted by Gasteiger charge is 2.47. The number of carbonyl (C=O) groups excluding carboxylic acids is 1. The van der Waals surface area contributed by atoms with E-state index in [0.29, 0.717) is 0 Å². The lowest BCUT2D eigenvalue weighted by Gasteiger charge is -2.16. The van der Waals surface area contributed by atoms with Crippen molar-refractivity contribution in [1.82, 2.24) is 5.32 Å². The van der Waals surface area contributed by atoms with E-state index in [1.54, 1.807) is 0 Å². The minimum absolute atomic E-state index is 0.0933. The molecule has 0 aliphatic heterocycles. The van der Waals surface area contributed by atoms with E-state index in [2.05, 4.69) is 19.2 Å². The topological polar surface area (TPSA) is 55.1 Å². The Morgan fingerprint density at radius 3 is 2.44 bits per heavy atom. The third kappa shape index (κ3) is 2.70. The van der Waals surface area contributed by atoms with E-state index >= 15 is 0 Å². The van der Waals surface area contributed by atoms with Gasteiger partial charge in [-0.15, -0.1) is 0 Å². The zero-order valence-corrected chi connectivity index (χ0v) is 11.5. The molecule has 3 nitrogen and oxygen atoms in total. The molecule has 4 heteroatoms. The van der Waals surface area contributed by atoms with Crippen LogP contribution in [-0.2, 0) is 4.79 Å². The summed E-state index contributed by atoms with van der Waals surface area (Å²) in [7, 11) is 0. The van der Waals surface area contributed by atoms with Gasteiger partial charge >= 0.3 is 0 Å². The molecule has 96 valence electrons. The fraction of sp³-hybridized carbons (Fsp3) is 0.429. The van der Waals surface area contributed by atoms with Gasteiger partial charge in [0.1, 0.15) is 5.92 Å². The minimum Gasteiger partial charge on any atom is -0.392 e. The van der Waals surface area contributed by atoms with Crippen molar-refractivity contribution in [2.75, 3.05) is 0 Å². The maximum atomic E-state index is 12.2. The molecule has 2 atom stereocenters. The number of amides is 1. The largest absolute Gasteiger partial charge is 0.392 e. The molecule has 1 aliphatic rings. The normalized spacial score (nSPS) is 22.0. The van der Waals surface area contributed by atoms with Crippen LogP contribution in [0.25, 0.3) is 0 Å². The second kappa shape index (κ2) is 4.69. The van der Waals surface area contributed by atoms with Gasteiger partial charge in [0.2, 0.25) is 5.91 Å². The molecule has 0 saturated heterocycles. The molecule has 2 rings (SSSR count). The van der Waals surface area contributed by atoms with E-state index in [4.69, 9.17) is 18.0 Å². The van der Waals surface area contributed by atoms with Crippen molar-refractivity contribution >= 4 is 23.1 Å². The number of thiocarbonyl (C=S) groups is 1. The molecule has 1 saturated carbocycles. The summed E-state index contributed by atoms with van der Waals surface area (Å²) in [5, 5.41) is 3.02. The Balaban J connectivity index is 2.12. The highest BCUT2D eigenvalue weighted by atomic mass is 32.1. The first-order chi connectivity index (χ1) is 8.42. The molecule has 0 bridgehead atoms. The zero-order chi connectivity index (χ0) is 13.3. The summed E-state index contributed by atoms with van der Waals surface area (Å²) in [4.78, 5) is 12.5. The summed E-state index contributed by atoms with van der Waals surface area (Å²) in [6, 6.07) is 9.67. The molecule has 0 radical (unpaired) electrons. The minimum atomic E-state index is -0.530. The fourth-order valence-electron chi connectivity index (χ4n) is 2.06. The van der Waals surface area contributed by atoms with E-state index in [0.717, 1.165) is 12.0 Å². The van der Waals surface area contributed by atoms with Crippen LogP contribution in [0, 0.1) is 5.41 Å². The lowest BCUT2D eigenvalue weighted by molar-refractivity contribution is -0.121. The fourth-order valence-corrected chi connectivity index (χ4v) is 2.30. The molecule has 0 spiro atoms. The maximum absolute atomic E-state index is 12.2. The van der Waals surface area contributed by atoms with Crippen LogP contribution < -0.4 is 11.1 Å².